The van der Waals surface area contributed by atoms with Crippen molar-refractivity contribution in [1.29, 1.82) is 0 Å². The van der Waals surface area contributed by atoms with Gasteiger partial charge >= 0.3 is 0 Å². The molecule has 0 rings (SSSR count). The third-order valence-corrected chi connectivity index (χ3v) is 0.451. The van der Waals surface area contributed by atoms with Crippen molar-refractivity contribution in [3.8, 4) is 0 Å². The summed E-state index contributed by atoms with van der Waals surface area (Å²) in [4.78, 5) is 0. The Morgan fingerprint density at radius 3 is 2.17 bits per heavy atom. The summed E-state index contributed by atoms with van der Waals surface area (Å²) in [6.45, 7) is 7.61. The van der Waals surface area contributed by atoms with Crippen molar-refractivity contribution in [2.75, 3.05) is 0 Å². The quantitative estimate of drug-likeness (QED) is 0.424. The SMILES string of the molecule is C=C=CC(C)C. The zero-order valence-corrected chi connectivity index (χ0v) is 4.36. The second kappa shape index (κ2) is 2.74. The largest absolute Gasteiger partial charge is 0.133 e. The molecular weight excluding hydrogens is 72.1 g/mol. The first-order valence-corrected chi connectivity index (χ1v) is 2.13. The minimum atomic E-state index is 0.600. The summed E-state index contributed by atoms with van der Waals surface area (Å²) in [5.41, 5.74) is 2.69. The summed E-state index contributed by atoms with van der Waals surface area (Å²) < 4.78 is 0. The van der Waals surface area contributed by atoms with Gasteiger partial charge in [0.2, 0.25) is 0 Å². The molecule has 0 aliphatic carbocycles. The van der Waals surface area contributed by atoms with Gasteiger partial charge in [-0.2, -0.15) is 0 Å². The molecule has 0 heteroatoms. The average molecular weight is 82.1 g/mol. The lowest BCUT2D eigenvalue weighted by atomic mass is 10.2. The Morgan fingerprint density at radius 2 is 2.17 bits per heavy atom. The van der Waals surface area contributed by atoms with E-state index in [0.29, 0.717) is 5.92 Å². The number of hydrogen-bond donors (Lipinski definition) is 0. The maximum Gasteiger partial charge on any atom is -0.0215 e. The van der Waals surface area contributed by atoms with E-state index in [9.17, 15) is 0 Å². The van der Waals surface area contributed by atoms with Crippen LogP contribution in [0.15, 0.2) is 18.4 Å². The molecule has 0 aromatic carbocycles. The molecule has 0 N–H and O–H groups in total. The van der Waals surface area contributed by atoms with Crippen molar-refractivity contribution < 1.29 is 0 Å². The Balaban J connectivity index is 3.29. The fourth-order valence-corrected chi connectivity index (χ4v) is 0.236. The van der Waals surface area contributed by atoms with Gasteiger partial charge in [0.05, 0.1) is 0 Å². The molecule has 6 heavy (non-hydrogen) atoms. The van der Waals surface area contributed by atoms with Gasteiger partial charge in [0, 0.05) is 0 Å². The molecule has 0 aromatic rings. The average Bonchev–Trinajstić information content (AvgIpc) is 1.35. The van der Waals surface area contributed by atoms with Gasteiger partial charge < -0.3 is 0 Å². The van der Waals surface area contributed by atoms with Gasteiger partial charge in [0.1, 0.15) is 0 Å². The summed E-state index contributed by atoms with van der Waals surface area (Å²) in [5, 5.41) is 0. The first-order valence-electron chi connectivity index (χ1n) is 2.13. The summed E-state index contributed by atoms with van der Waals surface area (Å²) in [7, 11) is 0. The van der Waals surface area contributed by atoms with E-state index in [0.717, 1.165) is 0 Å². The molecule has 0 saturated heterocycles. The summed E-state index contributed by atoms with van der Waals surface area (Å²) in [6, 6.07) is 0. The van der Waals surface area contributed by atoms with E-state index in [1.165, 1.54) is 0 Å². The fraction of sp³-hybridized carbons (Fsp3) is 0.500. The predicted molar refractivity (Wildman–Crippen MR) is 28.5 cm³/mol. The lowest BCUT2D eigenvalue weighted by molar-refractivity contribution is 0.833. The molecule has 0 fully saturated rings. The topological polar surface area (TPSA) is 0 Å². The van der Waals surface area contributed by atoms with Crippen LogP contribution < -0.4 is 0 Å². The fourth-order valence-electron chi connectivity index (χ4n) is 0.236. The van der Waals surface area contributed by atoms with Crippen molar-refractivity contribution in [2.45, 2.75) is 13.8 Å². The highest BCUT2D eigenvalue weighted by Gasteiger charge is 1.76. The van der Waals surface area contributed by atoms with Gasteiger partial charge in [-0.25, -0.2) is 0 Å². The minimum Gasteiger partial charge on any atom is -0.133 e. The Morgan fingerprint density at radius 1 is 1.67 bits per heavy atom. The highest BCUT2D eigenvalue weighted by Crippen LogP contribution is 1.88. The van der Waals surface area contributed by atoms with E-state index >= 15 is 0 Å². The highest BCUT2D eigenvalue weighted by molar-refractivity contribution is 4.78. The summed E-state index contributed by atoms with van der Waals surface area (Å²) >= 11 is 0. The first kappa shape index (κ1) is 5.52. The normalized spacial score (nSPS) is 7.83. The van der Waals surface area contributed by atoms with Crippen molar-refractivity contribution >= 4 is 0 Å². The Kier molecular flexibility index (Phi) is 2.52. The summed E-state index contributed by atoms with van der Waals surface area (Å²) in [5.74, 6) is 0.600. The van der Waals surface area contributed by atoms with Gasteiger partial charge in [-0.15, -0.1) is 5.73 Å². The van der Waals surface area contributed by atoms with Crippen LogP contribution in [0.3, 0.4) is 0 Å². The molecule has 0 spiro atoms. The molecule has 0 amide bonds. The molecular formula is C6H10. The van der Waals surface area contributed by atoms with Crippen molar-refractivity contribution in [3.63, 3.8) is 0 Å². The molecule has 0 aliphatic heterocycles. The molecule has 0 bridgehead atoms. The number of rotatable bonds is 1. The van der Waals surface area contributed by atoms with Crippen LogP contribution >= 0.6 is 0 Å². The van der Waals surface area contributed by atoms with E-state index in [-0.39, 0.29) is 0 Å². The number of allylic oxidation sites excluding steroid dienone is 1. The Hall–Kier alpha value is -0.480. The predicted octanol–water partition coefficient (Wildman–Crippen LogP) is 1.98. The van der Waals surface area contributed by atoms with Crippen LogP contribution in [-0.4, -0.2) is 0 Å². The van der Waals surface area contributed by atoms with Crippen molar-refractivity contribution in [2.24, 2.45) is 5.92 Å². The maximum absolute atomic E-state index is 3.42. The smallest absolute Gasteiger partial charge is 0.0215 e. The third-order valence-electron chi connectivity index (χ3n) is 0.451. The van der Waals surface area contributed by atoms with Gasteiger partial charge in [0.25, 0.3) is 0 Å². The van der Waals surface area contributed by atoms with Crippen molar-refractivity contribution in [3.05, 3.63) is 18.4 Å². The van der Waals surface area contributed by atoms with Gasteiger partial charge in [0.15, 0.2) is 0 Å². The van der Waals surface area contributed by atoms with Crippen LogP contribution in [-0.2, 0) is 0 Å². The molecule has 0 heterocycles. The zero-order valence-electron chi connectivity index (χ0n) is 4.36. The molecule has 0 radical (unpaired) electrons. The second-order valence-electron chi connectivity index (χ2n) is 1.61. The standard InChI is InChI=1S/C6H10/c1-4-5-6(2)3/h5-6H,1H2,2-3H3. The lowest BCUT2D eigenvalue weighted by Crippen LogP contribution is -1.72. The van der Waals surface area contributed by atoms with E-state index in [4.69, 9.17) is 0 Å². The highest BCUT2D eigenvalue weighted by atomic mass is 13.8. The van der Waals surface area contributed by atoms with Crippen LogP contribution in [0.5, 0.6) is 0 Å². The van der Waals surface area contributed by atoms with Crippen LogP contribution in [0.2, 0.25) is 0 Å². The Bertz CT molecular complexity index is 64.1. The molecule has 0 aliphatic rings. The van der Waals surface area contributed by atoms with Crippen LogP contribution in [0, 0.1) is 5.92 Å². The first-order chi connectivity index (χ1) is 2.77. The van der Waals surface area contributed by atoms with Crippen LogP contribution in [0.1, 0.15) is 13.8 Å². The third kappa shape index (κ3) is 3.52. The Labute approximate surface area is 39.2 Å². The van der Waals surface area contributed by atoms with E-state index < -0.39 is 0 Å². The molecule has 0 saturated carbocycles. The van der Waals surface area contributed by atoms with E-state index in [1.54, 1.807) is 0 Å². The minimum absolute atomic E-state index is 0.600. The van der Waals surface area contributed by atoms with Crippen LogP contribution in [0.25, 0.3) is 0 Å². The zero-order chi connectivity index (χ0) is 4.99. The monoisotopic (exact) mass is 82.1 g/mol. The van der Waals surface area contributed by atoms with Crippen LogP contribution in [0.4, 0.5) is 0 Å². The van der Waals surface area contributed by atoms with E-state index in [2.05, 4.69) is 26.2 Å². The molecule has 0 aromatic heterocycles. The molecule has 34 valence electrons. The second-order valence-corrected chi connectivity index (χ2v) is 1.61. The van der Waals surface area contributed by atoms with E-state index in [1.807, 2.05) is 6.08 Å². The molecule has 0 nitrogen and oxygen atoms in total. The van der Waals surface area contributed by atoms with Crippen molar-refractivity contribution in [1.82, 2.24) is 0 Å². The molecule has 0 unspecified atom stereocenters. The van der Waals surface area contributed by atoms with Gasteiger partial charge in [-0.1, -0.05) is 20.4 Å². The molecule has 0 atom stereocenters. The van der Waals surface area contributed by atoms with Gasteiger partial charge in [-0.3, -0.25) is 0 Å². The maximum atomic E-state index is 3.42. The number of hydrogen-bond acceptors (Lipinski definition) is 0. The van der Waals surface area contributed by atoms with Gasteiger partial charge in [-0.05, 0) is 12.0 Å². The lowest BCUT2D eigenvalue weighted by Gasteiger charge is -1.84. The summed E-state index contributed by atoms with van der Waals surface area (Å²) in [6.07, 6.45) is 1.93.